The van der Waals surface area contributed by atoms with Crippen molar-refractivity contribution in [1.82, 2.24) is 9.80 Å². The van der Waals surface area contributed by atoms with Crippen LogP contribution in [0.4, 0.5) is 4.79 Å². The molecule has 1 heterocycles. The van der Waals surface area contributed by atoms with Gasteiger partial charge in [0.1, 0.15) is 12.6 Å². The van der Waals surface area contributed by atoms with Crippen molar-refractivity contribution in [3.05, 3.63) is 35.9 Å². The van der Waals surface area contributed by atoms with Crippen molar-refractivity contribution in [3.63, 3.8) is 0 Å². The molecule has 0 aliphatic carbocycles. The number of benzene rings is 1. The number of aliphatic hydroxyl groups excluding tert-OH is 1. The van der Waals surface area contributed by atoms with Gasteiger partial charge in [-0.1, -0.05) is 37.3 Å². The molecule has 2 rings (SSSR count). The summed E-state index contributed by atoms with van der Waals surface area (Å²) in [6, 6.07) is 8.65. The van der Waals surface area contributed by atoms with Gasteiger partial charge in [-0.2, -0.15) is 0 Å². The average molecular weight is 320 g/mol. The van der Waals surface area contributed by atoms with Gasteiger partial charge in [-0.25, -0.2) is 9.69 Å². The van der Waals surface area contributed by atoms with Gasteiger partial charge in [0.25, 0.3) is 5.91 Å². The third-order valence-electron chi connectivity index (χ3n) is 4.14. The fourth-order valence-corrected chi connectivity index (χ4v) is 2.85. The molecule has 0 radical (unpaired) electrons. The molecule has 6 heteroatoms. The fraction of sp³-hybridized carbons (Fsp3) is 0.529. The minimum atomic E-state index is -0.738. The van der Waals surface area contributed by atoms with Crippen LogP contribution < -0.4 is 0 Å². The van der Waals surface area contributed by atoms with Crippen LogP contribution in [0.3, 0.4) is 0 Å². The molecule has 0 spiro atoms. The van der Waals surface area contributed by atoms with E-state index in [0.717, 1.165) is 10.5 Å². The van der Waals surface area contributed by atoms with Crippen molar-refractivity contribution < 1.29 is 19.4 Å². The number of hydrogen-bond acceptors (Lipinski definition) is 5. The van der Waals surface area contributed by atoms with Crippen LogP contribution in [0.5, 0.6) is 0 Å². The van der Waals surface area contributed by atoms with Crippen LogP contribution in [-0.2, 0) is 16.1 Å². The molecule has 1 aliphatic heterocycles. The number of amides is 2. The Labute approximate surface area is 136 Å². The number of aliphatic hydroxyl groups is 1. The summed E-state index contributed by atoms with van der Waals surface area (Å²) in [5.74, 6) is -0.391. The van der Waals surface area contributed by atoms with Gasteiger partial charge in [0.2, 0.25) is 0 Å². The highest BCUT2D eigenvalue weighted by Crippen LogP contribution is 2.20. The minimum absolute atomic E-state index is 0.119. The van der Waals surface area contributed by atoms with Gasteiger partial charge >= 0.3 is 6.09 Å². The molecule has 23 heavy (non-hydrogen) atoms. The molecule has 1 fully saturated rings. The molecule has 1 N–H and O–H groups in total. The summed E-state index contributed by atoms with van der Waals surface area (Å²) in [6.45, 7) is 5.30. The molecule has 2 atom stereocenters. The number of carbonyl (C=O) groups is 2. The Bertz CT molecular complexity index is 535. The summed E-state index contributed by atoms with van der Waals surface area (Å²) in [6.07, 6.45) is -0.865. The van der Waals surface area contributed by atoms with Crippen molar-refractivity contribution >= 4 is 12.0 Å². The molecule has 1 aromatic rings. The lowest BCUT2D eigenvalue weighted by Crippen LogP contribution is -2.51. The molecular formula is C17H24N2O4. The first-order valence-electron chi connectivity index (χ1n) is 8.02. The Balaban J connectivity index is 2.00. The Kier molecular flexibility index (Phi) is 6.12. The largest absolute Gasteiger partial charge is 0.444 e. The lowest BCUT2D eigenvalue weighted by Gasteiger charge is -2.28. The number of imide groups is 1. The molecule has 2 unspecified atom stereocenters. The average Bonchev–Trinajstić information content (AvgIpc) is 2.95. The SMILES string of the molecule is CCN(C(=O)OCc1ccccc1)C(=O)C1C(O)CCN1CC. The highest BCUT2D eigenvalue weighted by atomic mass is 16.6. The Hall–Kier alpha value is -1.92. The smallest absolute Gasteiger partial charge is 0.416 e. The van der Waals surface area contributed by atoms with Crippen LogP contribution in [0.2, 0.25) is 0 Å². The maximum atomic E-state index is 12.6. The molecular weight excluding hydrogens is 296 g/mol. The van der Waals surface area contributed by atoms with Gasteiger partial charge in [-0.3, -0.25) is 9.69 Å². The third kappa shape index (κ3) is 4.09. The highest BCUT2D eigenvalue weighted by molar-refractivity contribution is 5.95. The molecule has 0 bridgehead atoms. The van der Waals surface area contributed by atoms with E-state index >= 15 is 0 Å². The number of hydrogen-bond donors (Lipinski definition) is 1. The Morgan fingerprint density at radius 1 is 1.30 bits per heavy atom. The number of ether oxygens (including phenoxy) is 1. The van der Waals surface area contributed by atoms with Gasteiger partial charge in [-0.05, 0) is 25.5 Å². The van der Waals surface area contributed by atoms with Crippen LogP contribution in [0.25, 0.3) is 0 Å². The van der Waals surface area contributed by atoms with Gasteiger partial charge in [-0.15, -0.1) is 0 Å². The lowest BCUT2D eigenvalue weighted by molar-refractivity contribution is -0.136. The Morgan fingerprint density at radius 2 is 2.00 bits per heavy atom. The van der Waals surface area contributed by atoms with E-state index in [4.69, 9.17) is 4.74 Å². The summed E-state index contributed by atoms with van der Waals surface area (Å²) in [5.41, 5.74) is 0.862. The van der Waals surface area contributed by atoms with Crippen LogP contribution in [0, 0.1) is 0 Å². The lowest BCUT2D eigenvalue weighted by atomic mass is 10.1. The van der Waals surface area contributed by atoms with E-state index in [1.165, 1.54) is 0 Å². The fourth-order valence-electron chi connectivity index (χ4n) is 2.85. The molecule has 1 aliphatic rings. The molecule has 6 nitrogen and oxygen atoms in total. The van der Waals surface area contributed by atoms with Crippen molar-refractivity contribution in [3.8, 4) is 0 Å². The minimum Gasteiger partial charge on any atom is -0.444 e. The monoisotopic (exact) mass is 320 g/mol. The van der Waals surface area contributed by atoms with Gasteiger partial charge < -0.3 is 9.84 Å². The second-order valence-corrected chi connectivity index (χ2v) is 5.55. The number of likely N-dealkylation sites (N-methyl/N-ethyl adjacent to an activating group) is 2. The van der Waals surface area contributed by atoms with E-state index in [0.29, 0.717) is 19.5 Å². The summed E-state index contributed by atoms with van der Waals surface area (Å²) >= 11 is 0. The molecule has 1 saturated heterocycles. The summed E-state index contributed by atoms with van der Waals surface area (Å²) in [7, 11) is 0. The second-order valence-electron chi connectivity index (χ2n) is 5.55. The summed E-state index contributed by atoms with van der Waals surface area (Å²) in [5, 5.41) is 10.1. The number of nitrogens with zero attached hydrogens (tertiary/aromatic N) is 2. The zero-order chi connectivity index (χ0) is 16.8. The number of rotatable bonds is 5. The first kappa shape index (κ1) is 17.4. The molecule has 0 saturated carbocycles. The van der Waals surface area contributed by atoms with Gasteiger partial charge in [0.05, 0.1) is 6.10 Å². The van der Waals surface area contributed by atoms with Crippen molar-refractivity contribution in [2.24, 2.45) is 0 Å². The van der Waals surface area contributed by atoms with Crippen LogP contribution in [0.15, 0.2) is 30.3 Å². The molecule has 0 aromatic heterocycles. The van der Waals surface area contributed by atoms with E-state index in [9.17, 15) is 14.7 Å². The maximum absolute atomic E-state index is 12.6. The second kappa shape index (κ2) is 8.08. The predicted octanol–water partition coefficient (Wildman–Crippen LogP) is 1.63. The highest BCUT2D eigenvalue weighted by Gasteiger charge is 2.41. The Morgan fingerprint density at radius 3 is 2.61 bits per heavy atom. The summed E-state index contributed by atoms with van der Waals surface area (Å²) in [4.78, 5) is 27.8. The quantitative estimate of drug-likeness (QED) is 0.893. The van der Waals surface area contributed by atoms with E-state index in [1.807, 2.05) is 42.2 Å². The van der Waals surface area contributed by atoms with Crippen LogP contribution in [0.1, 0.15) is 25.8 Å². The molecule has 2 amide bonds. The predicted molar refractivity (Wildman–Crippen MR) is 85.7 cm³/mol. The summed E-state index contributed by atoms with van der Waals surface area (Å²) < 4.78 is 5.23. The van der Waals surface area contributed by atoms with E-state index < -0.39 is 24.1 Å². The third-order valence-corrected chi connectivity index (χ3v) is 4.14. The molecule has 126 valence electrons. The van der Waals surface area contributed by atoms with Crippen molar-refractivity contribution in [2.45, 2.75) is 39.0 Å². The zero-order valence-electron chi connectivity index (χ0n) is 13.6. The van der Waals surface area contributed by atoms with Gasteiger partial charge in [0.15, 0.2) is 0 Å². The topological polar surface area (TPSA) is 70.1 Å². The van der Waals surface area contributed by atoms with E-state index in [-0.39, 0.29) is 13.2 Å². The first-order chi connectivity index (χ1) is 11.1. The van der Waals surface area contributed by atoms with Crippen molar-refractivity contribution in [1.29, 1.82) is 0 Å². The number of likely N-dealkylation sites (tertiary alicyclic amines) is 1. The zero-order valence-corrected chi connectivity index (χ0v) is 13.6. The molecule has 1 aromatic carbocycles. The van der Waals surface area contributed by atoms with E-state index in [1.54, 1.807) is 6.92 Å². The van der Waals surface area contributed by atoms with Crippen molar-refractivity contribution in [2.75, 3.05) is 19.6 Å². The van der Waals surface area contributed by atoms with Gasteiger partial charge in [0, 0.05) is 13.1 Å². The van der Waals surface area contributed by atoms with E-state index in [2.05, 4.69) is 0 Å². The first-order valence-corrected chi connectivity index (χ1v) is 8.02. The van der Waals surface area contributed by atoms with Crippen LogP contribution in [-0.4, -0.2) is 58.7 Å². The normalized spacial score (nSPS) is 21.2. The van der Waals surface area contributed by atoms with Crippen LogP contribution >= 0.6 is 0 Å². The standard InChI is InChI=1S/C17H24N2O4/c1-3-18-11-10-14(20)15(18)16(21)19(4-2)17(22)23-12-13-8-6-5-7-9-13/h5-9,14-15,20H,3-4,10-12H2,1-2H3. The number of carbonyl (C=O) groups excluding carboxylic acids is 2. The maximum Gasteiger partial charge on any atom is 0.416 e.